The van der Waals surface area contributed by atoms with Gasteiger partial charge in [-0.25, -0.2) is 13.2 Å². The number of hydrogen-bond acceptors (Lipinski definition) is 4. The highest BCUT2D eigenvalue weighted by Crippen LogP contribution is 2.21. The van der Waals surface area contributed by atoms with Gasteiger partial charge in [0.15, 0.2) is 0 Å². The van der Waals surface area contributed by atoms with Crippen molar-refractivity contribution in [1.29, 1.82) is 0 Å². The largest absolute Gasteiger partial charge is 0.236 e. The predicted octanol–water partition coefficient (Wildman–Crippen LogP) is 0.484. The van der Waals surface area contributed by atoms with Crippen molar-refractivity contribution in [3.8, 4) is 0 Å². The van der Waals surface area contributed by atoms with Crippen LogP contribution in [0.4, 0.5) is 0 Å². The van der Waals surface area contributed by atoms with E-state index in [9.17, 15) is 13.2 Å². The molecule has 1 aliphatic heterocycles. The Hall–Kier alpha value is -0.710. The molecule has 0 aliphatic carbocycles. The third-order valence-corrected chi connectivity index (χ3v) is 4.22. The third kappa shape index (κ3) is 2.41. The van der Waals surface area contributed by atoms with Gasteiger partial charge in [0.1, 0.15) is 6.17 Å². The van der Waals surface area contributed by atoms with Crippen molar-refractivity contribution < 1.29 is 13.2 Å². The van der Waals surface area contributed by atoms with Crippen LogP contribution >= 0.6 is 0 Å². The maximum absolute atomic E-state index is 11.6. The molecule has 5 nitrogen and oxygen atoms in total. The highest BCUT2D eigenvalue weighted by molar-refractivity contribution is 7.89. The van der Waals surface area contributed by atoms with Crippen LogP contribution in [-0.2, 0) is 14.8 Å². The lowest BCUT2D eigenvalue weighted by Gasteiger charge is -2.30. The van der Waals surface area contributed by atoms with E-state index >= 15 is 0 Å². The summed E-state index contributed by atoms with van der Waals surface area (Å²) in [4.78, 5) is 13.6. The minimum absolute atomic E-state index is 0.0534. The van der Waals surface area contributed by atoms with Crippen LogP contribution in [0.25, 0.3) is 0 Å². The second-order valence-corrected chi connectivity index (χ2v) is 5.42. The lowest BCUT2D eigenvalue weighted by atomic mass is 10.1. The van der Waals surface area contributed by atoms with Gasteiger partial charge in [-0.15, -0.1) is 0 Å². The van der Waals surface area contributed by atoms with Crippen molar-refractivity contribution in [3.05, 3.63) is 0 Å². The lowest BCUT2D eigenvalue weighted by molar-refractivity contribution is 0.260. The Morgan fingerprint density at radius 1 is 1.50 bits per heavy atom. The first kappa shape index (κ1) is 11.4. The average molecular weight is 218 g/mol. The first-order chi connectivity index (χ1) is 6.61. The molecule has 1 aliphatic rings. The molecule has 1 saturated heterocycles. The number of isocyanates is 1. The fraction of sp³-hybridized carbons (Fsp3) is 0.875. The number of piperidine rings is 1. The van der Waals surface area contributed by atoms with Gasteiger partial charge in [-0.05, 0) is 26.2 Å². The molecule has 1 heterocycles. The normalized spacial score (nSPS) is 24.2. The van der Waals surface area contributed by atoms with Crippen molar-refractivity contribution in [1.82, 2.24) is 4.31 Å². The van der Waals surface area contributed by atoms with E-state index in [0.717, 1.165) is 12.8 Å². The molecule has 0 N–H and O–H groups in total. The van der Waals surface area contributed by atoms with E-state index in [0.29, 0.717) is 13.0 Å². The second kappa shape index (κ2) is 4.68. The van der Waals surface area contributed by atoms with Gasteiger partial charge in [0, 0.05) is 6.54 Å². The molecular formula is C8H14N2O3S. The molecule has 1 rings (SSSR count). The molecule has 0 spiro atoms. The molecular weight excluding hydrogens is 204 g/mol. The second-order valence-electron chi connectivity index (χ2n) is 3.21. The minimum atomic E-state index is -3.23. The zero-order chi connectivity index (χ0) is 10.6. The maximum atomic E-state index is 11.6. The predicted molar refractivity (Wildman–Crippen MR) is 51.9 cm³/mol. The summed E-state index contributed by atoms with van der Waals surface area (Å²) in [5, 5.41) is 0. The summed E-state index contributed by atoms with van der Waals surface area (Å²) < 4.78 is 24.5. The van der Waals surface area contributed by atoms with Crippen molar-refractivity contribution in [2.75, 3.05) is 12.3 Å². The van der Waals surface area contributed by atoms with E-state index in [2.05, 4.69) is 4.99 Å². The molecule has 0 aromatic heterocycles. The molecule has 0 amide bonds. The van der Waals surface area contributed by atoms with Crippen molar-refractivity contribution in [3.63, 3.8) is 0 Å². The van der Waals surface area contributed by atoms with Crippen LogP contribution in [0.2, 0.25) is 0 Å². The number of aliphatic imine (C=N–C) groups is 1. The SMILES string of the molecule is CCS(=O)(=O)N1CCCCC1N=C=O. The zero-order valence-corrected chi connectivity index (χ0v) is 8.96. The summed E-state index contributed by atoms with van der Waals surface area (Å²) in [6.07, 6.45) is 3.28. The molecule has 6 heteroatoms. The number of carbonyl (C=O) groups excluding carboxylic acids is 1. The van der Waals surface area contributed by atoms with E-state index in [1.807, 2.05) is 0 Å². The van der Waals surface area contributed by atoms with Crippen LogP contribution in [0.1, 0.15) is 26.2 Å². The first-order valence-electron chi connectivity index (χ1n) is 4.68. The highest BCUT2D eigenvalue weighted by Gasteiger charge is 2.30. The van der Waals surface area contributed by atoms with Gasteiger partial charge in [0.25, 0.3) is 0 Å². The fourth-order valence-electron chi connectivity index (χ4n) is 1.57. The first-order valence-corrected chi connectivity index (χ1v) is 6.29. The fourth-order valence-corrected chi connectivity index (χ4v) is 2.83. The molecule has 0 saturated carbocycles. The van der Waals surface area contributed by atoms with Gasteiger partial charge < -0.3 is 0 Å². The summed E-state index contributed by atoms with van der Waals surface area (Å²) in [5.74, 6) is 0.0534. The Balaban J connectivity index is 2.88. The van der Waals surface area contributed by atoms with E-state index in [4.69, 9.17) is 0 Å². The highest BCUT2D eigenvalue weighted by atomic mass is 32.2. The van der Waals surface area contributed by atoms with Crippen LogP contribution in [0.15, 0.2) is 4.99 Å². The van der Waals surface area contributed by atoms with Crippen molar-refractivity contribution in [2.45, 2.75) is 32.4 Å². The summed E-state index contributed by atoms with van der Waals surface area (Å²) in [6, 6.07) is 0. The van der Waals surface area contributed by atoms with E-state index in [1.54, 1.807) is 6.92 Å². The molecule has 80 valence electrons. The van der Waals surface area contributed by atoms with Gasteiger partial charge in [-0.2, -0.15) is 9.30 Å². The number of hydrogen-bond donors (Lipinski definition) is 0. The smallest absolute Gasteiger partial charge is 0.212 e. The quantitative estimate of drug-likeness (QED) is 0.511. The van der Waals surface area contributed by atoms with E-state index < -0.39 is 16.2 Å². The molecule has 1 fully saturated rings. The van der Waals surface area contributed by atoms with Crippen LogP contribution in [-0.4, -0.2) is 37.3 Å². The Bertz CT molecular complexity index is 332. The summed E-state index contributed by atoms with van der Waals surface area (Å²) in [6.45, 7) is 2.05. The van der Waals surface area contributed by atoms with Crippen LogP contribution in [0.5, 0.6) is 0 Å². The van der Waals surface area contributed by atoms with Gasteiger partial charge in [-0.3, -0.25) is 0 Å². The summed E-state index contributed by atoms with van der Waals surface area (Å²) in [5.41, 5.74) is 0. The van der Waals surface area contributed by atoms with E-state index in [-0.39, 0.29) is 5.75 Å². The van der Waals surface area contributed by atoms with Crippen LogP contribution in [0.3, 0.4) is 0 Å². The lowest BCUT2D eigenvalue weighted by Crippen LogP contribution is -2.43. The van der Waals surface area contributed by atoms with E-state index in [1.165, 1.54) is 10.4 Å². The van der Waals surface area contributed by atoms with Gasteiger partial charge in [-0.1, -0.05) is 0 Å². The van der Waals surface area contributed by atoms with Crippen LogP contribution < -0.4 is 0 Å². The third-order valence-electron chi connectivity index (χ3n) is 2.35. The zero-order valence-electron chi connectivity index (χ0n) is 8.14. The Morgan fingerprint density at radius 2 is 2.21 bits per heavy atom. The average Bonchev–Trinajstić information content (AvgIpc) is 2.19. The van der Waals surface area contributed by atoms with Gasteiger partial charge >= 0.3 is 0 Å². The summed E-state index contributed by atoms with van der Waals surface area (Å²) in [7, 11) is -3.23. The van der Waals surface area contributed by atoms with Gasteiger partial charge in [0.2, 0.25) is 16.1 Å². The molecule has 0 radical (unpaired) electrons. The monoisotopic (exact) mass is 218 g/mol. The van der Waals surface area contributed by atoms with Gasteiger partial charge in [0.05, 0.1) is 5.75 Å². The molecule has 1 unspecified atom stereocenters. The van der Waals surface area contributed by atoms with Crippen molar-refractivity contribution in [2.24, 2.45) is 4.99 Å². The summed E-state index contributed by atoms with van der Waals surface area (Å²) >= 11 is 0. The molecule has 0 aromatic rings. The number of nitrogens with zero attached hydrogens (tertiary/aromatic N) is 2. The minimum Gasteiger partial charge on any atom is -0.212 e. The molecule has 1 atom stereocenters. The Labute approximate surface area is 83.9 Å². The number of rotatable bonds is 3. The Morgan fingerprint density at radius 3 is 2.79 bits per heavy atom. The topological polar surface area (TPSA) is 66.8 Å². The molecule has 0 aromatic carbocycles. The maximum Gasteiger partial charge on any atom is 0.236 e. The standard InChI is InChI=1S/C8H14N2O3S/c1-2-14(12,13)10-6-4-3-5-8(10)9-7-11/h8H,2-6H2,1H3. The van der Waals surface area contributed by atoms with Crippen LogP contribution in [0, 0.1) is 0 Å². The Kier molecular flexibility index (Phi) is 3.80. The van der Waals surface area contributed by atoms with Crippen molar-refractivity contribution >= 4 is 16.1 Å². The molecule has 0 bridgehead atoms. The number of sulfonamides is 1. The molecule has 14 heavy (non-hydrogen) atoms.